The maximum absolute atomic E-state index is 13.7. The van der Waals surface area contributed by atoms with E-state index in [1.54, 1.807) is 52.9 Å². The van der Waals surface area contributed by atoms with E-state index in [9.17, 15) is 14.4 Å². The number of anilines is 3. The number of ether oxygens (including phenoxy) is 2. The maximum atomic E-state index is 13.7. The average molecular weight is 471 g/mol. The maximum Gasteiger partial charge on any atom is 0.278 e. The molecule has 0 aromatic carbocycles. The smallest absolute Gasteiger partial charge is 0.278 e. The second kappa shape index (κ2) is 8.48. The number of aromatic amines is 1. The molecule has 1 fully saturated rings. The first-order chi connectivity index (χ1) is 15.9. The van der Waals surface area contributed by atoms with Gasteiger partial charge in [-0.1, -0.05) is 20.8 Å². The van der Waals surface area contributed by atoms with Crippen molar-refractivity contribution in [3.05, 3.63) is 40.4 Å². The zero-order chi connectivity index (χ0) is 24.8. The van der Waals surface area contributed by atoms with E-state index in [1.807, 2.05) is 6.92 Å². The minimum absolute atomic E-state index is 0.00153. The van der Waals surface area contributed by atoms with Crippen LogP contribution >= 0.6 is 0 Å². The standard InChI is InChI=1S/C23H30N6O5/c1-12-16(34-23(5,6)33-12)14-11-25-17-15(29(14)19(31)13-8-7-9-24-10-13)18(30)27-21(26-17)28-20(32)22(2,3)4/h7-10,12,14,16H,11H2,1-6H3,(H3,25,26,27,28,30,32)/t12-,14+,16-/m1/s1. The Labute approximate surface area is 197 Å². The van der Waals surface area contributed by atoms with Gasteiger partial charge in [0.15, 0.2) is 17.3 Å². The Bertz CT molecular complexity index is 1160. The lowest BCUT2D eigenvalue weighted by molar-refractivity contribution is -0.146. The summed E-state index contributed by atoms with van der Waals surface area (Å²) in [7, 11) is 0. The van der Waals surface area contributed by atoms with Gasteiger partial charge in [0.2, 0.25) is 11.9 Å². The summed E-state index contributed by atoms with van der Waals surface area (Å²) in [6, 6.07) is 2.72. The van der Waals surface area contributed by atoms with Crippen LogP contribution in [-0.2, 0) is 14.3 Å². The van der Waals surface area contributed by atoms with Crippen molar-refractivity contribution >= 4 is 29.3 Å². The van der Waals surface area contributed by atoms with Crippen LogP contribution in [0.15, 0.2) is 29.3 Å². The van der Waals surface area contributed by atoms with Gasteiger partial charge in [-0.05, 0) is 32.9 Å². The normalized spacial score (nSPS) is 23.7. The van der Waals surface area contributed by atoms with Gasteiger partial charge in [-0.3, -0.25) is 34.6 Å². The first-order valence-electron chi connectivity index (χ1n) is 11.2. The van der Waals surface area contributed by atoms with E-state index in [4.69, 9.17) is 9.47 Å². The van der Waals surface area contributed by atoms with Crippen LogP contribution in [0.2, 0.25) is 0 Å². The van der Waals surface area contributed by atoms with Crippen LogP contribution in [-0.4, -0.2) is 57.3 Å². The molecule has 2 aromatic heterocycles. The summed E-state index contributed by atoms with van der Waals surface area (Å²) >= 11 is 0. The molecule has 0 bridgehead atoms. The Balaban J connectivity index is 1.77. The quantitative estimate of drug-likeness (QED) is 0.620. The van der Waals surface area contributed by atoms with Crippen LogP contribution in [0.1, 0.15) is 51.9 Å². The lowest BCUT2D eigenvalue weighted by atomic mass is 9.96. The molecule has 2 aliphatic rings. The highest BCUT2D eigenvalue weighted by molar-refractivity contribution is 6.08. The van der Waals surface area contributed by atoms with Gasteiger partial charge >= 0.3 is 0 Å². The van der Waals surface area contributed by atoms with Gasteiger partial charge in [0, 0.05) is 24.4 Å². The molecular formula is C23H30N6O5. The summed E-state index contributed by atoms with van der Waals surface area (Å²) in [5.74, 6) is -1.37. The molecule has 0 aliphatic carbocycles. The lowest BCUT2D eigenvalue weighted by Gasteiger charge is -2.39. The number of nitrogens with zero attached hydrogens (tertiary/aromatic N) is 3. The van der Waals surface area contributed by atoms with Crippen LogP contribution in [0.4, 0.5) is 17.5 Å². The molecule has 34 heavy (non-hydrogen) atoms. The molecule has 11 nitrogen and oxygen atoms in total. The third kappa shape index (κ3) is 4.53. The van der Waals surface area contributed by atoms with Crippen molar-refractivity contribution in [2.24, 2.45) is 5.41 Å². The molecular weight excluding hydrogens is 440 g/mol. The molecule has 4 heterocycles. The van der Waals surface area contributed by atoms with Crippen LogP contribution in [0.3, 0.4) is 0 Å². The zero-order valence-electron chi connectivity index (χ0n) is 20.1. The number of hydrogen-bond acceptors (Lipinski definition) is 8. The number of carbonyl (C=O) groups excluding carboxylic acids is 2. The van der Waals surface area contributed by atoms with Gasteiger partial charge < -0.3 is 14.8 Å². The van der Waals surface area contributed by atoms with E-state index in [0.717, 1.165) is 0 Å². The third-order valence-corrected chi connectivity index (χ3v) is 5.72. The van der Waals surface area contributed by atoms with Crippen LogP contribution in [0.25, 0.3) is 0 Å². The van der Waals surface area contributed by atoms with Gasteiger partial charge in [0.1, 0.15) is 6.10 Å². The molecule has 0 spiro atoms. The topological polar surface area (TPSA) is 139 Å². The predicted octanol–water partition coefficient (Wildman–Crippen LogP) is 2.13. The number of nitrogens with one attached hydrogen (secondary N) is 3. The molecule has 2 aliphatic heterocycles. The number of pyridine rings is 1. The fourth-order valence-corrected chi connectivity index (χ4v) is 4.13. The number of hydrogen-bond donors (Lipinski definition) is 3. The lowest BCUT2D eigenvalue weighted by Crippen LogP contribution is -2.57. The SMILES string of the molecule is C[C@H]1OC(C)(C)O[C@H]1[C@@H]1CNc2nc(NC(=O)C(C)(C)C)[nH]c(=O)c2N1C(=O)c1cccnc1. The molecule has 11 heteroatoms. The highest BCUT2D eigenvalue weighted by atomic mass is 16.8. The Morgan fingerprint density at radius 3 is 2.59 bits per heavy atom. The first-order valence-corrected chi connectivity index (χ1v) is 11.2. The Morgan fingerprint density at radius 1 is 1.26 bits per heavy atom. The number of aromatic nitrogens is 3. The molecule has 182 valence electrons. The predicted molar refractivity (Wildman–Crippen MR) is 126 cm³/mol. The molecule has 1 saturated heterocycles. The Morgan fingerprint density at radius 2 is 2.00 bits per heavy atom. The van der Waals surface area contributed by atoms with Gasteiger partial charge in [-0.15, -0.1) is 0 Å². The number of rotatable bonds is 3. The first kappa shape index (κ1) is 23.8. The van der Waals surface area contributed by atoms with Gasteiger partial charge in [-0.25, -0.2) is 0 Å². The molecule has 2 amide bonds. The Hall–Kier alpha value is -3.31. The highest BCUT2D eigenvalue weighted by Gasteiger charge is 2.48. The average Bonchev–Trinajstić information content (AvgIpc) is 3.04. The van der Waals surface area contributed by atoms with Crippen molar-refractivity contribution in [3.8, 4) is 0 Å². The Kier molecular flexibility index (Phi) is 5.94. The molecule has 2 aromatic rings. The highest BCUT2D eigenvalue weighted by Crippen LogP contribution is 2.36. The van der Waals surface area contributed by atoms with Gasteiger partial charge in [-0.2, -0.15) is 4.98 Å². The minimum atomic E-state index is -0.834. The van der Waals surface area contributed by atoms with E-state index in [2.05, 4.69) is 25.6 Å². The molecule has 0 saturated carbocycles. The van der Waals surface area contributed by atoms with E-state index >= 15 is 0 Å². The van der Waals surface area contributed by atoms with Gasteiger partial charge in [0.25, 0.3) is 11.5 Å². The largest absolute Gasteiger partial charge is 0.366 e. The summed E-state index contributed by atoms with van der Waals surface area (Å²) in [6.07, 6.45) is 2.18. The number of H-pyrrole nitrogens is 1. The van der Waals surface area contributed by atoms with Crippen molar-refractivity contribution in [1.82, 2.24) is 15.0 Å². The van der Waals surface area contributed by atoms with Crippen molar-refractivity contribution in [1.29, 1.82) is 0 Å². The van der Waals surface area contributed by atoms with Crippen LogP contribution < -0.4 is 21.1 Å². The van der Waals surface area contributed by atoms with Crippen molar-refractivity contribution < 1.29 is 19.1 Å². The van der Waals surface area contributed by atoms with Gasteiger partial charge in [0.05, 0.1) is 17.7 Å². The second-order valence-electron chi connectivity index (χ2n) is 9.99. The van der Waals surface area contributed by atoms with E-state index in [0.29, 0.717) is 5.56 Å². The number of amides is 2. The van der Waals surface area contributed by atoms with E-state index in [-0.39, 0.29) is 36.0 Å². The summed E-state index contributed by atoms with van der Waals surface area (Å²) in [5, 5.41) is 5.77. The summed E-state index contributed by atoms with van der Waals surface area (Å²) in [5.41, 5.74) is -0.901. The number of fused-ring (bicyclic) bond motifs is 1. The molecule has 0 unspecified atom stereocenters. The second-order valence-corrected chi connectivity index (χ2v) is 9.99. The molecule has 0 radical (unpaired) electrons. The van der Waals surface area contributed by atoms with Crippen molar-refractivity contribution in [2.75, 3.05) is 22.1 Å². The molecule has 3 atom stereocenters. The molecule has 3 N–H and O–H groups in total. The van der Waals surface area contributed by atoms with Crippen molar-refractivity contribution in [2.45, 2.75) is 65.6 Å². The fourth-order valence-electron chi connectivity index (χ4n) is 4.13. The third-order valence-electron chi connectivity index (χ3n) is 5.72. The van der Waals surface area contributed by atoms with Crippen LogP contribution in [0, 0.1) is 5.41 Å². The zero-order valence-corrected chi connectivity index (χ0v) is 20.1. The van der Waals surface area contributed by atoms with Crippen molar-refractivity contribution in [3.63, 3.8) is 0 Å². The number of carbonyl (C=O) groups is 2. The fraction of sp³-hybridized carbons (Fsp3) is 0.522. The summed E-state index contributed by atoms with van der Waals surface area (Å²) in [4.78, 5) is 51.7. The minimum Gasteiger partial charge on any atom is -0.366 e. The van der Waals surface area contributed by atoms with E-state index in [1.165, 1.54) is 11.1 Å². The summed E-state index contributed by atoms with van der Waals surface area (Å²) < 4.78 is 12.0. The monoisotopic (exact) mass is 470 g/mol. The van der Waals surface area contributed by atoms with Crippen LogP contribution in [0.5, 0.6) is 0 Å². The molecule has 4 rings (SSSR count). The summed E-state index contributed by atoms with van der Waals surface area (Å²) in [6.45, 7) is 11.0. The van der Waals surface area contributed by atoms with E-state index < -0.39 is 34.8 Å².